The van der Waals surface area contributed by atoms with E-state index in [0.29, 0.717) is 0 Å². The zero-order valence-electron chi connectivity index (χ0n) is 11.3. The lowest BCUT2D eigenvalue weighted by molar-refractivity contribution is -0.400. The average molecular weight is 339 g/mol. The Kier molecular flexibility index (Phi) is 4.20. The van der Waals surface area contributed by atoms with Gasteiger partial charge in [0.25, 0.3) is 16.0 Å². The van der Waals surface area contributed by atoms with E-state index in [1.165, 1.54) is 24.3 Å². The summed E-state index contributed by atoms with van der Waals surface area (Å²) in [7, 11) is -4.10. The Morgan fingerprint density at radius 2 is 1.82 bits per heavy atom. The van der Waals surface area contributed by atoms with E-state index in [2.05, 4.69) is 4.84 Å². The van der Waals surface area contributed by atoms with Gasteiger partial charge in [0, 0.05) is 6.42 Å². The van der Waals surface area contributed by atoms with Crippen molar-refractivity contribution in [2.45, 2.75) is 18.4 Å². The van der Waals surface area contributed by atoms with Gasteiger partial charge in [-0.3, -0.25) is 4.79 Å². The van der Waals surface area contributed by atoms with Crippen LogP contribution in [0.2, 0.25) is 0 Å². The van der Waals surface area contributed by atoms with Crippen molar-refractivity contribution in [1.29, 1.82) is 0 Å². The zero-order chi connectivity index (χ0) is 16.6. The molecule has 1 heterocycles. The number of halogens is 3. The maximum Gasteiger partial charge on any atom is 0.544 e. The van der Waals surface area contributed by atoms with Crippen molar-refractivity contribution in [3.63, 3.8) is 0 Å². The SMILES string of the molecule is CS(=O)(=O)O[C@@]1(c2ccccc2)CCN(OC(F)(F)F)C1=O. The molecule has 122 valence electrons. The van der Waals surface area contributed by atoms with E-state index in [0.717, 1.165) is 6.26 Å². The molecule has 1 aromatic rings. The largest absolute Gasteiger partial charge is 0.544 e. The molecule has 1 aliphatic heterocycles. The summed E-state index contributed by atoms with van der Waals surface area (Å²) in [6.45, 7) is -0.456. The van der Waals surface area contributed by atoms with Crippen molar-refractivity contribution in [2.75, 3.05) is 12.8 Å². The number of carbonyl (C=O) groups excluding carboxylic acids is 1. The Bertz CT molecular complexity index is 661. The molecule has 1 saturated heterocycles. The number of carbonyl (C=O) groups is 1. The fourth-order valence-corrected chi connectivity index (χ4v) is 3.01. The average Bonchev–Trinajstić information content (AvgIpc) is 2.66. The lowest BCUT2D eigenvalue weighted by Crippen LogP contribution is -2.43. The molecular formula is C12H12F3NO5S. The van der Waals surface area contributed by atoms with Gasteiger partial charge in [0.1, 0.15) is 0 Å². The summed E-state index contributed by atoms with van der Waals surface area (Å²) in [5.74, 6) is -1.22. The van der Waals surface area contributed by atoms with Gasteiger partial charge in [0.2, 0.25) is 0 Å². The topological polar surface area (TPSA) is 72.9 Å². The Morgan fingerprint density at radius 1 is 1.23 bits per heavy atom. The molecule has 0 N–H and O–H groups in total. The van der Waals surface area contributed by atoms with Crippen molar-refractivity contribution >= 4 is 16.0 Å². The highest BCUT2D eigenvalue weighted by molar-refractivity contribution is 7.86. The van der Waals surface area contributed by atoms with Crippen LogP contribution >= 0.6 is 0 Å². The van der Waals surface area contributed by atoms with Crippen LogP contribution in [0.5, 0.6) is 0 Å². The number of amides is 1. The van der Waals surface area contributed by atoms with Gasteiger partial charge in [-0.25, -0.2) is 9.25 Å². The van der Waals surface area contributed by atoms with Crippen molar-refractivity contribution in [1.82, 2.24) is 5.06 Å². The summed E-state index contributed by atoms with van der Waals surface area (Å²) >= 11 is 0. The maximum absolute atomic E-state index is 12.3. The quantitative estimate of drug-likeness (QED) is 0.778. The van der Waals surface area contributed by atoms with Gasteiger partial charge in [-0.05, 0) is 5.56 Å². The molecule has 2 rings (SSSR count). The van der Waals surface area contributed by atoms with Crippen molar-refractivity contribution in [3.8, 4) is 0 Å². The van der Waals surface area contributed by atoms with E-state index >= 15 is 0 Å². The highest BCUT2D eigenvalue weighted by atomic mass is 32.2. The molecule has 10 heteroatoms. The van der Waals surface area contributed by atoms with E-state index in [9.17, 15) is 26.4 Å². The first-order chi connectivity index (χ1) is 10.0. The normalized spacial score (nSPS) is 23.1. The molecule has 1 aromatic carbocycles. The highest BCUT2D eigenvalue weighted by Crippen LogP contribution is 2.39. The van der Waals surface area contributed by atoms with Crippen LogP contribution < -0.4 is 0 Å². The Morgan fingerprint density at radius 3 is 2.32 bits per heavy atom. The molecule has 1 amide bonds. The van der Waals surface area contributed by atoms with Crippen LogP contribution in [0.15, 0.2) is 30.3 Å². The molecule has 0 spiro atoms. The van der Waals surface area contributed by atoms with Gasteiger partial charge in [0.15, 0.2) is 5.60 Å². The van der Waals surface area contributed by atoms with Crippen LogP contribution in [0, 0.1) is 0 Å². The molecule has 22 heavy (non-hydrogen) atoms. The molecule has 0 saturated carbocycles. The summed E-state index contributed by atoms with van der Waals surface area (Å²) in [4.78, 5) is 15.9. The van der Waals surface area contributed by atoms with Crippen LogP contribution in [0.1, 0.15) is 12.0 Å². The second-order valence-corrected chi connectivity index (χ2v) is 6.25. The van der Waals surface area contributed by atoms with E-state index in [1.807, 2.05) is 0 Å². The van der Waals surface area contributed by atoms with Crippen molar-refractivity contribution < 1.29 is 35.4 Å². The molecule has 0 aromatic heterocycles. The summed E-state index contributed by atoms with van der Waals surface area (Å²) < 4.78 is 64.7. The third kappa shape index (κ3) is 3.57. The van der Waals surface area contributed by atoms with Gasteiger partial charge >= 0.3 is 6.36 Å². The van der Waals surface area contributed by atoms with E-state index in [4.69, 9.17) is 4.18 Å². The van der Waals surface area contributed by atoms with Crippen LogP contribution in [0.4, 0.5) is 13.2 Å². The minimum Gasteiger partial charge on any atom is -0.269 e. The zero-order valence-corrected chi connectivity index (χ0v) is 12.1. The van der Waals surface area contributed by atoms with E-state index < -0.39 is 34.5 Å². The molecule has 1 atom stereocenters. The standard InChI is InChI=1S/C12H12F3NO5S/c1-22(18,19)21-11(9-5-3-2-4-6-9)7-8-16(10(11)17)20-12(13,14)15/h2-6H,7-8H2,1H3/t11-/m1/s1. The minimum atomic E-state index is -5.06. The van der Waals surface area contributed by atoms with Gasteiger partial charge in [-0.2, -0.15) is 13.3 Å². The Labute approximate surface area is 124 Å². The number of rotatable bonds is 4. The van der Waals surface area contributed by atoms with Crippen LogP contribution in [0.25, 0.3) is 0 Å². The van der Waals surface area contributed by atoms with Gasteiger partial charge in [0.05, 0.1) is 12.8 Å². The number of benzene rings is 1. The third-order valence-electron chi connectivity index (χ3n) is 2.99. The molecule has 6 nitrogen and oxygen atoms in total. The monoisotopic (exact) mass is 339 g/mol. The number of hydrogen-bond acceptors (Lipinski definition) is 5. The summed E-state index contributed by atoms with van der Waals surface area (Å²) in [5, 5.41) is 0.0676. The first-order valence-corrected chi connectivity index (χ1v) is 7.89. The summed E-state index contributed by atoms with van der Waals surface area (Å²) in [5.41, 5.74) is -1.92. The molecule has 0 radical (unpaired) electrons. The number of alkyl halides is 3. The van der Waals surface area contributed by atoms with E-state index in [-0.39, 0.29) is 17.0 Å². The van der Waals surface area contributed by atoms with E-state index in [1.54, 1.807) is 6.07 Å². The first kappa shape index (κ1) is 16.7. The number of hydroxylamine groups is 2. The second-order valence-electron chi connectivity index (χ2n) is 4.67. The predicted octanol–water partition coefficient (Wildman–Crippen LogP) is 1.54. The highest BCUT2D eigenvalue weighted by Gasteiger charge is 2.54. The Hall–Kier alpha value is -1.65. The second kappa shape index (κ2) is 5.52. The molecule has 1 fully saturated rings. The fraction of sp³-hybridized carbons (Fsp3) is 0.417. The minimum absolute atomic E-state index is 0.0676. The third-order valence-corrected chi connectivity index (χ3v) is 3.57. The van der Waals surface area contributed by atoms with Gasteiger partial charge < -0.3 is 0 Å². The maximum atomic E-state index is 12.3. The summed E-state index contributed by atoms with van der Waals surface area (Å²) in [6.07, 6.45) is -4.63. The number of hydrogen-bond donors (Lipinski definition) is 0. The lowest BCUT2D eigenvalue weighted by atomic mass is 9.92. The van der Waals surface area contributed by atoms with Crippen LogP contribution in [0.3, 0.4) is 0 Å². The smallest absolute Gasteiger partial charge is 0.269 e. The van der Waals surface area contributed by atoms with Crippen molar-refractivity contribution in [2.24, 2.45) is 0 Å². The lowest BCUT2D eigenvalue weighted by Gasteiger charge is -2.26. The molecule has 0 aliphatic carbocycles. The molecule has 1 aliphatic rings. The molecular weight excluding hydrogens is 327 g/mol. The first-order valence-electron chi connectivity index (χ1n) is 6.07. The molecule has 0 bridgehead atoms. The van der Waals surface area contributed by atoms with Crippen LogP contribution in [-0.4, -0.2) is 38.6 Å². The van der Waals surface area contributed by atoms with Crippen LogP contribution in [-0.2, 0) is 29.5 Å². The van der Waals surface area contributed by atoms with Crippen molar-refractivity contribution in [3.05, 3.63) is 35.9 Å². The Balaban J connectivity index is 2.42. The van der Waals surface area contributed by atoms with Gasteiger partial charge in [-0.1, -0.05) is 30.3 Å². The predicted molar refractivity (Wildman–Crippen MR) is 67.5 cm³/mol. The summed E-state index contributed by atoms with van der Waals surface area (Å²) in [6, 6.07) is 7.45. The number of nitrogens with zero attached hydrogens (tertiary/aromatic N) is 1. The fourth-order valence-electron chi connectivity index (χ4n) is 2.24. The van der Waals surface area contributed by atoms with Gasteiger partial charge in [-0.15, -0.1) is 13.2 Å². The molecule has 0 unspecified atom stereocenters.